The number of nitro benzene ring substituents is 1. The van der Waals surface area contributed by atoms with Gasteiger partial charge in [0.1, 0.15) is 11.4 Å². The molecule has 0 fully saturated rings. The first-order valence-corrected chi connectivity index (χ1v) is 7.74. The first-order chi connectivity index (χ1) is 10.1. The van der Waals surface area contributed by atoms with Gasteiger partial charge in [-0.15, -0.1) is 0 Å². The molecule has 2 N–H and O–H groups in total. The molecule has 0 aliphatic heterocycles. The van der Waals surface area contributed by atoms with Crippen molar-refractivity contribution in [2.45, 2.75) is 13.3 Å². The fourth-order valence-electron chi connectivity index (χ4n) is 1.95. The summed E-state index contributed by atoms with van der Waals surface area (Å²) in [5.74, 6) is 0. The van der Waals surface area contributed by atoms with E-state index in [2.05, 4.69) is 33.2 Å². The Kier molecular flexibility index (Phi) is 5.38. The van der Waals surface area contributed by atoms with Gasteiger partial charge in [-0.1, -0.05) is 25.1 Å². The van der Waals surface area contributed by atoms with Gasteiger partial charge in [0.2, 0.25) is 0 Å². The standard InChI is InChI=1S/C15H16IN3O2/c1-2-10-17-13-8-5-9-14(15(13)19(20)21)18-12-7-4-3-6-11(12)16/h3-9,17-18H,2,10H2,1H3. The summed E-state index contributed by atoms with van der Waals surface area (Å²) in [6.07, 6.45) is 0.908. The topological polar surface area (TPSA) is 67.2 Å². The van der Waals surface area contributed by atoms with Gasteiger partial charge in [-0.25, -0.2) is 0 Å². The molecule has 0 aliphatic carbocycles. The van der Waals surface area contributed by atoms with E-state index in [1.807, 2.05) is 37.3 Å². The Balaban J connectivity index is 2.39. The third-order valence-corrected chi connectivity index (χ3v) is 3.87. The van der Waals surface area contributed by atoms with E-state index in [0.29, 0.717) is 17.9 Å². The van der Waals surface area contributed by atoms with Gasteiger partial charge in [0.25, 0.3) is 0 Å². The molecule has 21 heavy (non-hydrogen) atoms. The highest BCUT2D eigenvalue weighted by Gasteiger charge is 2.19. The summed E-state index contributed by atoms with van der Waals surface area (Å²) in [4.78, 5) is 11.1. The van der Waals surface area contributed by atoms with Crippen LogP contribution < -0.4 is 10.6 Å². The number of nitrogens with zero attached hydrogens (tertiary/aromatic N) is 1. The minimum Gasteiger partial charge on any atom is -0.379 e. The van der Waals surface area contributed by atoms with Crippen molar-refractivity contribution in [1.29, 1.82) is 0 Å². The van der Waals surface area contributed by atoms with Gasteiger partial charge in [-0.2, -0.15) is 0 Å². The van der Waals surface area contributed by atoms with Crippen LogP contribution in [0.3, 0.4) is 0 Å². The fraction of sp³-hybridized carbons (Fsp3) is 0.200. The molecule has 0 radical (unpaired) electrons. The van der Waals surface area contributed by atoms with E-state index in [4.69, 9.17) is 0 Å². The SMILES string of the molecule is CCCNc1cccc(Nc2ccccc2I)c1[N+](=O)[O-]. The van der Waals surface area contributed by atoms with Crippen molar-refractivity contribution in [3.05, 3.63) is 56.1 Å². The monoisotopic (exact) mass is 397 g/mol. The van der Waals surface area contributed by atoms with Gasteiger partial charge in [0.05, 0.1) is 10.6 Å². The molecular formula is C15H16IN3O2. The van der Waals surface area contributed by atoms with Crippen molar-refractivity contribution in [2.75, 3.05) is 17.2 Å². The van der Waals surface area contributed by atoms with Crippen LogP contribution in [0, 0.1) is 13.7 Å². The molecule has 2 aromatic rings. The second kappa shape index (κ2) is 7.26. The smallest absolute Gasteiger partial charge is 0.315 e. The predicted molar refractivity (Wildman–Crippen MR) is 94.3 cm³/mol. The van der Waals surface area contributed by atoms with Gasteiger partial charge in [0, 0.05) is 10.1 Å². The van der Waals surface area contributed by atoms with Crippen molar-refractivity contribution in [2.24, 2.45) is 0 Å². The number of halogens is 1. The molecule has 2 aromatic carbocycles. The van der Waals surface area contributed by atoms with Crippen LogP contribution in [-0.4, -0.2) is 11.5 Å². The first kappa shape index (κ1) is 15.6. The van der Waals surface area contributed by atoms with E-state index in [1.54, 1.807) is 12.1 Å². The van der Waals surface area contributed by atoms with Crippen LogP contribution in [0.4, 0.5) is 22.7 Å². The largest absolute Gasteiger partial charge is 0.379 e. The van der Waals surface area contributed by atoms with Crippen molar-refractivity contribution < 1.29 is 4.92 Å². The number of hydrogen-bond acceptors (Lipinski definition) is 4. The van der Waals surface area contributed by atoms with E-state index < -0.39 is 0 Å². The maximum atomic E-state index is 11.4. The number of benzene rings is 2. The molecule has 0 aromatic heterocycles. The van der Waals surface area contributed by atoms with E-state index >= 15 is 0 Å². The lowest BCUT2D eigenvalue weighted by Crippen LogP contribution is -2.05. The molecule has 0 aliphatic rings. The number of hydrogen-bond donors (Lipinski definition) is 2. The molecule has 0 atom stereocenters. The number of nitro groups is 1. The van der Waals surface area contributed by atoms with Gasteiger partial charge >= 0.3 is 5.69 Å². The van der Waals surface area contributed by atoms with E-state index in [9.17, 15) is 10.1 Å². The Morgan fingerprint density at radius 2 is 1.76 bits per heavy atom. The molecule has 0 heterocycles. The highest BCUT2D eigenvalue weighted by atomic mass is 127. The Hall–Kier alpha value is -1.83. The molecule has 0 amide bonds. The van der Waals surface area contributed by atoms with E-state index in [-0.39, 0.29) is 10.6 Å². The van der Waals surface area contributed by atoms with Gasteiger partial charge in [-0.3, -0.25) is 10.1 Å². The fourth-order valence-corrected chi connectivity index (χ4v) is 2.47. The molecule has 6 heteroatoms. The third kappa shape index (κ3) is 3.84. The summed E-state index contributed by atoms with van der Waals surface area (Å²) < 4.78 is 1.01. The number of anilines is 3. The summed E-state index contributed by atoms with van der Waals surface area (Å²) in [6.45, 7) is 2.72. The number of rotatable bonds is 6. The number of para-hydroxylation sites is 2. The minimum atomic E-state index is -0.351. The van der Waals surface area contributed by atoms with Gasteiger partial charge in [-0.05, 0) is 53.3 Å². The summed E-state index contributed by atoms with van der Waals surface area (Å²) in [7, 11) is 0. The zero-order valence-electron chi connectivity index (χ0n) is 11.6. The zero-order valence-corrected chi connectivity index (χ0v) is 13.8. The quantitative estimate of drug-likeness (QED) is 0.419. The molecule has 5 nitrogen and oxygen atoms in total. The molecular weight excluding hydrogens is 381 g/mol. The Labute approximate surface area is 137 Å². The van der Waals surface area contributed by atoms with Crippen LogP contribution in [0.1, 0.15) is 13.3 Å². The molecule has 0 unspecified atom stereocenters. The van der Waals surface area contributed by atoms with Crippen molar-refractivity contribution in [3.63, 3.8) is 0 Å². The summed E-state index contributed by atoms with van der Waals surface area (Å²) in [5.41, 5.74) is 1.96. The lowest BCUT2D eigenvalue weighted by Gasteiger charge is -2.12. The predicted octanol–water partition coefficient (Wildman–Crippen LogP) is 4.76. The van der Waals surface area contributed by atoms with E-state index in [1.165, 1.54) is 0 Å². The normalized spacial score (nSPS) is 10.2. The molecule has 0 bridgehead atoms. The van der Waals surface area contributed by atoms with Crippen molar-refractivity contribution >= 4 is 45.3 Å². The lowest BCUT2D eigenvalue weighted by atomic mass is 10.2. The van der Waals surface area contributed by atoms with Crippen LogP contribution in [0.2, 0.25) is 0 Å². The van der Waals surface area contributed by atoms with Crippen LogP contribution in [-0.2, 0) is 0 Å². The highest BCUT2D eigenvalue weighted by Crippen LogP contribution is 2.35. The maximum absolute atomic E-state index is 11.4. The van der Waals surface area contributed by atoms with Crippen LogP contribution in [0.5, 0.6) is 0 Å². The number of nitrogens with one attached hydrogen (secondary N) is 2. The Morgan fingerprint density at radius 1 is 1.10 bits per heavy atom. The van der Waals surface area contributed by atoms with Crippen LogP contribution in [0.15, 0.2) is 42.5 Å². The average Bonchev–Trinajstić information content (AvgIpc) is 2.47. The Bertz CT molecular complexity index is 647. The van der Waals surface area contributed by atoms with Gasteiger partial charge < -0.3 is 10.6 Å². The third-order valence-electron chi connectivity index (χ3n) is 2.93. The zero-order chi connectivity index (χ0) is 15.2. The molecule has 0 saturated heterocycles. The summed E-state index contributed by atoms with van der Waals surface area (Å²) >= 11 is 2.20. The summed E-state index contributed by atoms with van der Waals surface area (Å²) in [6, 6.07) is 12.9. The van der Waals surface area contributed by atoms with E-state index in [0.717, 1.165) is 15.7 Å². The highest BCUT2D eigenvalue weighted by molar-refractivity contribution is 14.1. The second-order valence-corrected chi connectivity index (χ2v) is 5.65. The lowest BCUT2D eigenvalue weighted by molar-refractivity contribution is -0.383. The molecule has 2 rings (SSSR count). The molecule has 0 saturated carbocycles. The van der Waals surface area contributed by atoms with Crippen molar-refractivity contribution in [1.82, 2.24) is 0 Å². The van der Waals surface area contributed by atoms with Gasteiger partial charge in [0.15, 0.2) is 0 Å². The second-order valence-electron chi connectivity index (χ2n) is 4.49. The van der Waals surface area contributed by atoms with Crippen LogP contribution >= 0.6 is 22.6 Å². The Morgan fingerprint density at radius 3 is 2.43 bits per heavy atom. The average molecular weight is 397 g/mol. The summed E-state index contributed by atoms with van der Waals surface area (Å²) in [5, 5.41) is 17.7. The first-order valence-electron chi connectivity index (χ1n) is 6.66. The van der Waals surface area contributed by atoms with Crippen molar-refractivity contribution in [3.8, 4) is 0 Å². The minimum absolute atomic E-state index is 0.0746. The van der Waals surface area contributed by atoms with Crippen LogP contribution in [0.25, 0.3) is 0 Å². The maximum Gasteiger partial charge on any atom is 0.315 e. The molecule has 0 spiro atoms. The molecule has 110 valence electrons.